The molecule has 33 heavy (non-hydrogen) atoms. The number of carbonyl (C=O) groups excluding carboxylic acids is 1. The van der Waals surface area contributed by atoms with Crippen LogP contribution in [0.2, 0.25) is 0 Å². The monoisotopic (exact) mass is 486 g/mol. The average molecular weight is 487 g/mol. The van der Waals surface area contributed by atoms with Gasteiger partial charge in [0.25, 0.3) is 0 Å². The first-order valence-corrected chi connectivity index (χ1v) is 10.8. The standard InChI is InChI=1S/C24H26N6O.2ClH/c25-15-19-8-9-22(27-17-19)29-13-10-24(11-14-29,20-5-2-1-3-6-20)28-18-23(31)30-12-4-7-21(30)16-26;;/h1-3,5-6,8-9,17,21,28H,4,7,10-14,18H2;2*1H/t21-;;/m0../s1. The molecule has 0 saturated carbocycles. The number of halogens is 2. The summed E-state index contributed by atoms with van der Waals surface area (Å²) >= 11 is 0. The van der Waals surface area contributed by atoms with Crippen molar-refractivity contribution in [2.75, 3.05) is 31.1 Å². The van der Waals surface area contributed by atoms with Crippen molar-refractivity contribution in [1.82, 2.24) is 15.2 Å². The van der Waals surface area contributed by atoms with Gasteiger partial charge in [0.05, 0.1) is 18.2 Å². The first-order chi connectivity index (χ1) is 15.1. The molecule has 174 valence electrons. The molecule has 2 aliphatic heterocycles. The van der Waals surface area contributed by atoms with Crippen LogP contribution in [0.15, 0.2) is 48.7 Å². The van der Waals surface area contributed by atoms with E-state index in [2.05, 4.69) is 39.5 Å². The molecule has 1 N–H and O–H groups in total. The molecule has 1 atom stereocenters. The number of anilines is 1. The minimum atomic E-state index is -0.304. The van der Waals surface area contributed by atoms with Crippen molar-refractivity contribution < 1.29 is 4.79 Å². The highest BCUT2D eigenvalue weighted by molar-refractivity contribution is 5.85. The number of amides is 1. The third-order valence-corrected chi connectivity index (χ3v) is 6.44. The molecule has 1 aromatic heterocycles. The summed E-state index contributed by atoms with van der Waals surface area (Å²) in [5.41, 5.74) is 1.42. The van der Waals surface area contributed by atoms with E-state index in [1.165, 1.54) is 5.56 Å². The van der Waals surface area contributed by atoms with Crippen LogP contribution in [-0.4, -0.2) is 48.0 Å². The van der Waals surface area contributed by atoms with Gasteiger partial charge >= 0.3 is 0 Å². The van der Waals surface area contributed by atoms with Crippen molar-refractivity contribution in [3.63, 3.8) is 0 Å². The van der Waals surface area contributed by atoms with Crippen LogP contribution in [0, 0.1) is 22.7 Å². The highest BCUT2D eigenvalue weighted by Gasteiger charge is 2.37. The number of hydrogen-bond donors (Lipinski definition) is 1. The van der Waals surface area contributed by atoms with Crippen LogP contribution in [-0.2, 0) is 10.3 Å². The van der Waals surface area contributed by atoms with Crippen LogP contribution in [0.25, 0.3) is 0 Å². The summed E-state index contributed by atoms with van der Waals surface area (Å²) in [6, 6.07) is 18.0. The van der Waals surface area contributed by atoms with E-state index in [0.29, 0.717) is 12.1 Å². The van der Waals surface area contributed by atoms with E-state index in [-0.39, 0.29) is 48.8 Å². The zero-order valence-corrected chi connectivity index (χ0v) is 19.9. The summed E-state index contributed by atoms with van der Waals surface area (Å²) in [4.78, 5) is 21.2. The fourth-order valence-corrected chi connectivity index (χ4v) is 4.63. The summed E-state index contributed by atoms with van der Waals surface area (Å²) in [5.74, 6) is 0.862. The van der Waals surface area contributed by atoms with Gasteiger partial charge in [0, 0.05) is 31.4 Å². The average Bonchev–Trinajstić information content (AvgIpc) is 3.33. The van der Waals surface area contributed by atoms with E-state index in [1.54, 1.807) is 17.2 Å². The zero-order valence-electron chi connectivity index (χ0n) is 18.3. The number of pyridine rings is 1. The summed E-state index contributed by atoms with van der Waals surface area (Å²) < 4.78 is 0. The lowest BCUT2D eigenvalue weighted by Gasteiger charge is -2.43. The van der Waals surface area contributed by atoms with E-state index in [4.69, 9.17) is 5.26 Å². The Hall–Kier alpha value is -2.84. The maximum Gasteiger partial charge on any atom is 0.237 e. The Bertz CT molecular complexity index is 994. The predicted molar refractivity (Wildman–Crippen MR) is 131 cm³/mol. The molecule has 9 heteroatoms. The maximum absolute atomic E-state index is 12.8. The number of rotatable bonds is 5. The van der Waals surface area contributed by atoms with E-state index in [1.807, 2.05) is 24.3 Å². The number of benzene rings is 1. The number of carbonyl (C=O) groups is 1. The van der Waals surface area contributed by atoms with Gasteiger partial charge < -0.3 is 9.80 Å². The second kappa shape index (κ2) is 11.9. The van der Waals surface area contributed by atoms with Crippen LogP contribution in [0.3, 0.4) is 0 Å². The Morgan fingerprint density at radius 1 is 1.09 bits per heavy atom. The van der Waals surface area contributed by atoms with Crippen LogP contribution in [0.5, 0.6) is 0 Å². The summed E-state index contributed by atoms with van der Waals surface area (Å²) in [6.45, 7) is 2.47. The second-order valence-electron chi connectivity index (χ2n) is 8.18. The molecule has 0 unspecified atom stereocenters. The first-order valence-electron chi connectivity index (χ1n) is 10.8. The fourth-order valence-electron chi connectivity index (χ4n) is 4.63. The highest BCUT2D eigenvalue weighted by atomic mass is 35.5. The smallest absolute Gasteiger partial charge is 0.237 e. The van der Waals surface area contributed by atoms with Crippen molar-refractivity contribution in [3.8, 4) is 12.1 Å². The molecule has 1 aromatic carbocycles. The van der Waals surface area contributed by atoms with E-state index in [9.17, 15) is 10.1 Å². The molecule has 0 aliphatic carbocycles. The number of nitriles is 2. The van der Waals surface area contributed by atoms with Gasteiger partial charge in [-0.05, 0) is 43.4 Å². The predicted octanol–water partition coefficient (Wildman–Crippen LogP) is 3.40. The lowest BCUT2D eigenvalue weighted by molar-refractivity contribution is -0.130. The van der Waals surface area contributed by atoms with E-state index >= 15 is 0 Å². The molecule has 4 rings (SSSR count). The van der Waals surface area contributed by atoms with Crippen LogP contribution >= 0.6 is 24.8 Å². The first kappa shape index (κ1) is 26.4. The highest BCUT2D eigenvalue weighted by Crippen LogP contribution is 2.34. The quantitative estimate of drug-likeness (QED) is 0.695. The molecule has 1 amide bonds. The minimum Gasteiger partial charge on any atom is -0.356 e. The summed E-state index contributed by atoms with van der Waals surface area (Å²) in [5, 5.41) is 21.9. The molecular formula is C24H28Cl2N6O. The van der Waals surface area contributed by atoms with E-state index < -0.39 is 0 Å². The maximum atomic E-state index is 12.8. The number of likely N-dealkylation sites (tertiary alicyclic amines) is 1. The Morgan fingerprint density at radius 3 is 2.42 bits per heavy atom. The topological polar surface area (TPSA) is 96.0 Å². The van der Waals surface area contributed by atoms with Crippen LogP contribution in [0.4, 0.5) is 5.82 Å². The fraction of sp³-hybridized carbons (Fsp3) is 0.417. The number of nitrogens with zero attached hydrogens (tertiary/aromatic N) is 5. The number of hydrogen-bond acceptors (Lipinski definition) is 6. The van der Waals surface area contributed by atoms with Gasteiger partial charge in [-0.1, -0.05) is 30.3 Å². The SMILES string of the molecule is Cl.Cl.N#Cc1ccc(N2CCC(NCC(=O)N3CCC[C@H]3C#N)(c3ccccc3)CC2)nc1. The molecule has 0 spiro atoms. The van der Waals surface area contributed by atoms with Gasteiger partial charge in [0.2, 0.25) is 5.91 Å². The van der Waals surface area contributed by atoms with Gasteiger partial charge in [-0.15, -0.1) is 24.8 Å². The van der Waals surface area contributed by atoms with Crippen LogP contribution < -0.4 is 10.2 Å². The lowest BCUT2D eigenvalue weighted by Crippen LogP contribution is -2.54. The molecule has 2 saturated heterocycles. The third kappa shape index (κ3) is 5.75. The molecule has 2 aliphatic rings. The van der Waals surface area contributed by atoms with Crippen LogP contribution in [0.1, 0.15) is 36.8 Å². The zero-order chi connectivity index (χ0) is 21.7. The molecule has 0 bridgehead atoms. The molecular weight excluding hydrogens is 459 g/mol. The van der Waals surface area contributed by atoms with Gasteiger partial charge in [-0.3, -0.25) is 10.1 Å². The Balaban J connectivity index is 0.00000193. The van der Waals surface area contributed by atoms with Gasteiger partial charge in [-0.25, -0.2) is 4.98 Å². The normalized spacial score (nSPS) is 18.9. The van der Waals surface area contributed by atoms with E-state index in [0.717, 1.165) is 44.6 Å². The Kier molecular flexibility index (Phi) is 9.49. The summed E-state index contributed by atoms with van der Waals surface area (Å²) in [7, 11) is 0. The van der Waals surface area contributed by atoms with Crippen molar-refractivity contribution in [2.24, 2.45) is 0 Å². The number of aromatic nitrogens is 1. The van der Waals surface area contributed by atoms with Gasteiger partial charge in [0.15, 0.2) is 0 Å². The van der Waals surface area contributed by atoms with Gasteiger partial charge in [0.1, 0.15) is 17.9 Å². The van der Waals surface area contributed by atoms with Crippen molar-refractivity contribution >= 4 is 36.5 Å². The molecule has 2 fully saturated rings. The Morgan fingerprint density at radius 2 is 1.82 bits per heavy atom. The van der Waals surface area contributed by atoms with Crippen molar-refractivity contribution in [2.45, 2.75) is 37.3 Å². The minimum absolute atomic E-state index is 0. The van der Waals surface area contributed by atoms with Crippen molar-refractivity contribution in [1.29, 1.82) is 10.5 Å². The third-order valence-electron chi connectivity index (χ3n) is 6.44. The second-order valence-corrected chi connectivity index (χ2v) is 8.18. The molecule has 0 radical (unpaired) electrons. The molecule has 3 heterocycles. The largest absolute Gasteiger partial charge is 0.356 e. The Labute approximate surface area is 207 Å². The van der Waals surface area contributed by atoms with Gasteiger partial charge in [-0.2, -0.15) is 10.5 Å². The summed E-state index contributed by atoms with van der Waals surface area (Å²) in [6.07, 6.45) is 4.91. The molecule has 7 nitrogen and oxygen atoms in total. The number of nitrogens with one attached hydrogen (secondary N) is 1. The van der Waals surface area contributed by atoms with Crippen molar-refractivity contribution in [3.05, 3.63) is 59.8 Å². The molecule has 2 aromatic rings. The number of piperidine rings is 1. The lowest BCUT2D eigenvalue weighted by atomic mass is 9.80.